The Morgan fingerprint density at radius 2 is 2.38 bits per heavy atom. The van der Waals surface area contributed by atoms with Crippen LogP contribution in [0.2, 0.25) is 0 Å². The molecule has 1 heterocycles. The van der Waals surface area contributed by atoms with E-state index >= 15 is 0 Å². The molecule has 13 heavy (non-hydrogen) atoms. The van der Waals surface area contributed by atoms with E-state index in [2.05, 4.69) is 19.2 Å². The maximum Gasteiger partial charge on any atom is 0.0500 e. The van der Waals surface area contributed by atoms with Crippen LogP contribution in [0.3, 0.4) is 0 Å². The van der Waals surface area contributed by atoms with Crippen molar-refractivity contribution >= 4 is 0 Å². The highest BCUT2D eigenvalue weighted by Crippen LogP contribution is 2.59. The molecule has 2 rings (SSSR count). The Morgan fingerprint density at radius 3 is 3.00 bits per heavy atom. The summed E-state index contributed by atoms with van der Waals surface area (Å²) in [6.07, 6.45) is 2.70. The SMILES string of the molecule is CCNCC1CC1(C)C1CCOC1. The van der Waals surface area contributed by atoms with Crippen LogP contribution in [0.25, 0.3) is 0 Å². The molecule has 1 saturated heterocycles. The second-order valence-electron chi connectivity index (χ2n) is 4.78. The quantitative estimate of drug-likeness (QED) is 0.715. The number of hydrogen-bond acceptors (Lipinski definition) is 2. The topological polar surface area (TPSA) is 21.3 Å². The summed E-state index contributed by atoms with van der Waals surface area (Å²) in [6, 6.07) is 0. The first-order valence-electron chi connectivity index (χ1n) is 5.56. The van der Waals surface area contributed by atoms with Gasteiger partial charge in [0.2, 0.25) is 0 Å². The maximum absolute atomic E-state index is 5.46. The highest BCUT2D eigenvalue weighted by molar-refractivity contribution is 5.04. The minimum Gasteiger partial charge on any atom is -0.381 e. The van der Waals surface area contributed by atoms with E-state index in [1.807, 2.05) is 0 Å². The molecule has 0 aromatic rings. The molecule has 2 fully saturated rings. The Kier molecular flexibility index (Phi) is 2.61. The molecule has 0 aromatic carbocycles. The van der Waals surface area contributed by atoms with Gasteiger partial charge in [-0.1, -0.05) is 13.8 Å². The summed E-state index contributed by atoms with van der Waals surface area (Å²) in [5.41, 5.74) is 0.610. The molecular formula is C11H21NO. The predicted molar refractivity (Wildman–Crippen MR) is 53.7 cm³/mol. The minimum absolute atomic E-state index is 0.610. The van der Waals surface area contributed by atoms with Gasteiger partial charge in [0.15, 0.2) is 0 Å². The van der Waals surface area contributed by atoms with Crippen molar-refractivity contribution in [1.82, 2.24) is 5.32 Å². The molecule has 0 bridgehead atoms. The van der Waals surface area contributed by atoms with Crippen molar-refractivity contribution in [2.45, 2.75) is 26.7 Å². The van der Waals surface area contributed by atoms with Crippen molar-refractivity contribution in [2.75, 3.05) is 26.3 Å². The van der Waals surface area contributed by atoms with Gasteiger partial charge >= 0.3 is 0 Å². The van der Waals surface area contributed by atoms with E-state index in [0.717, 1.165) is 31.6 Å². The van der Waals surface area contributed by atoms with Crippen LogP contribution in [-0.4, -0.2) is 26.3 Å². The summed E-state index contributed by atoms with van der Waals surface area (Å²) in [5.74, 6) is 1.76. The van der Waals surface area contributed by atoms with Crippen molar-refractivity contribution in [3.05, 3.63) is 0 Å². The lowest BCUT2D eigenvalue weighted by molar-refractivity contribution is 0.166. The van der Waals surface area contributed by atoms with Gasteiger partial charge in [-0.05, 0) is 43.2 Å². The molecule has 1 aliphatic carbocycles. The molecule has 0 aromatic heterocycles. The van der Waals surface area contributed by atoms with E-state index in [9.17, 15) is 0 Å². The van der Waals surface area contributed by atoms with Gasteiger partial charge in [-0.2, -0.15) is 0 Å². The Hall–Kier alpha value is -0.0800. The van der Waals surface area contributed by atoms with Gasteiger partial charge in [0.25, 0.3) is 0 Å². The molecular weight excluding hydrogens is 162 g/mol. The Bertz CT molecular complexity index is 177. The van der Waals surface area contributed by atoms with Gasteiger partial charge in [0, 0.05) is 13.2 Å². The van der Waals surface area contributed by atoms with Crippen LogP contribution in [0.15, 0.2) is 0 Å². The first-order valence-corrected chi connectivity index (χ1v) is 5.56. The first kappa shape index (κ1) is 9.47. The molecule has 0 radical (unpaired) electrons. The molecule has 2 aliphatic rings. The fourth-order valence-corrected chi connectivity index (χ4v) is 2.65. The van der Waals surface area contributed by atoms with Crippen LogP contribution >= 0.6 is 0 Å². The molecule has 1 N–H and O–H groups in total. The third-order valence-electron chi connectivity index (χ3n) is 3.96. The van der Waals surface area contributed by atoms with E-state index in [0.29, 0.717) is 5.41 Å². The summed E-state index contributed by atoms with van der Waals surface area (Å²) in [6.45, 7) is 8.94. The molecule has 2 nitrogen and oxygen atoms in total. The molecule has 2 heteroatoms. The molecule has 1 saturated carbocycles. The highest BCUT2D eigenvalue weighted by Gasteiger charge is 2.54. The molecule has 1 aliphatic heterocycles. The van der Waals surface area contributed by atoms with Crippen LogP contribution in [0.4, 0.5) is 0 Å². The van der Waals surface area contributed by atoms with Crippen LogP contribution in [-0.2, 0) is 4.74 Å². The highest BCUT2D eigenvalue weighted by atomic mass is 16.5. The van der Waals surface area contributed by atoms with Gasteiger partial charge in [0.05, 0.1) is 0 Å². The summed E-state index contributed by atoms with van der Waals surface area (Å²) in [7, 11) is 0. The lowest BCUT2D eigenvalue weighted by atomic mass is 9.88. The van der Waals surface area contributed by atoms with Crippen LogP contribution < -0.4 is 5.32 Å². The van der Waals surface area contributed by atoms with Crippen molar-refractivity contribution in [1.29, 1.82) is 0 Å². The first-order chi connectivity index (χ1) is 6.27. The summed E-state index contributed by atoms with van der Waals surface area (Å²) < 4.78 is 5.46. The van der Waals surface area contributed by atoms with E-state index < -0.39 is 0 Å². The van der Waals surface area contributed by atoms with E-state index in [4.69, 9.17) is 4.74 Å². The lowest BCUT2D eigenvalue weighted by Crippen LogP contribution is -2.22. The number of rotatable bonds is 4. The molecule has 76 valence electrons. The lowest BCUT2D eigenvalue weighted by Gasteiger charge is -2.18. The smallest absolute Gasteiger partial charge is 0.0500 e. The van der Waals surface area contributed by atoms with Crippen molar-refractivity contribution < 1.29 is 4.74 Å². The van der Waals surface area contributed by atoms with Gasteiger partial charge < -0.3 is 10.1 Å². The van der Waals surface area contributed by atoms with E-state index in [1.165, 1.54) is 19.4 Å². The van der Waals surface area contributed by atoms with Crippen LogP contribution in [0.1, 0.15) is 26.7 Å². The van der Waals surface area contributed by atoms with Gasteiger partial charge in [-0.25, -0.2) is 0 Å². The second-order valence-corrected chi connectivity index (χ2v) is 4.78. The Balaban J connectivity index is 1.79. The van der Waals surface area contributed by atoms with E-state index in [-0.39, 0.29) is 0 Å². The minimum atomic E-state index is 0.610. The predicted octanol–water partition coefficient (Wildman–Crippen LogP) is 1.66. The van der Waals surface area contributed by atoms with Crippen LogP contribution in [0.5, 0.6) is 0 Å². The number of nitrogens with one attached hydrogen (secondary N) is 1. The fraction of sp³-hybridized carbons (Fsp3) is 1.00. The van der Waals surface area contributed by atoms with Gasteiger partial charge in [-0.15, -0.1) is 0 Å². The summed E-state index contributed by atoms with van der Waals surface area (Å²) in [5, 5.41) is 3.45. The normalized spacial score (nSPS) is 43.8. The largest absolute Gasteiger partial charge is 0.381 e. The molecule has 0 amide bonds. The van der Waals surface area contributed by atoms with Crippen LogP contribution in [0, 0.1) is 17.3 Å². The summed E-state index contributed by atoms with van der Waals surface area (Å²) >= 11 is 0. The second kappa shape index (κ2) is 3.58. The average molecular weight is 183 g/mol. The molecule has 0 spiro atoms. The average Bonchev–Trinajstić information content (AvgIpc) is 2.61. The Morgan fingerprint density at radius 1 is 1.54 bits per heavy atom. The number of hydrogen-bond donors (Lipinski definition) is 1. The van der Waals surface area contributed by atoms with Gasteiger partial charge in [-0.3, -0.25) is 0 Å². The summed E-state index contributed by atoms with van der Waals surface area (Å²) in [4.78, 5) is 0. The standard InChI is InChI=1S/C11H21NO/c1-3-12-7-10-6-11(10,2)9-4-5-13-8-9/h9-10,12H,3-8H2,1-2H3. The van der Waals surface area contributed by atoms with Crippen molar-refractivity contribution in [3.8, 4) is 0 Å². The monoisotopic (exact) mass is 183 g/mol. The molecule has 3 atom stereocenters. The maximum atomic E-state index is 5.46. The van der Waals surface area contributed by atoms with Gasteiger partial charge in [0.1, 0.15) is 0 Å². The fourth-order valence-electron chi connectivity index (χ4n) is 2.65. The third kappa shape index (κ3) is 1.75. The molecule has 3 unspecified atom stereocenters. The van der Waals surface area contributed by atoms with Crippen molar-refractivity contribution in [2.24, 2.45) is 17.3 Å². The third-order valence-corrected chi connectivity index (χ3v) is 3.96. The zero-order chi connectivity index (χ0) is 9.31. The number of ether oxygens (including phenoxy) is 1. The van der Waals surface area contributed by atoms with Crippen molar-refractivity contribution in [3.63, 3.8) is 0 Å². The Labute approximate surface area is 81.0 Å². The zero-order valence-corrected chi connectivity index (χ0v) is 8.81. The van der Waals surface area contributed by atoms with E-state index in [1.54, 1.807) is 0 Å². The zero-order valence-electron chi connectivity index (χ0n) is 8.81.